The van der Waals surface area contributed by atoms with Crippen molar-refractivity contribution in [2.24, 2.45) is 0 Å². The van der Waals surface area contributed by atoms with E-state index >= 15 is 0 Å². The zero-order valence-corrected chi connectivity index (χ0v) is 13.8. The Morgan fingerprint density at radius 1 is 1.20 bits per heavy atom. The monoisotopic (exact) mass is 376 g/mol. The molecule has 0 aliphatic heterocycles. The van der Waals surface area contributed by atoms with Crippen molar-refractivity contribution in [3.63, 3.8) is 0 Å². The maximum Gasteiger partial charge on any atom is 0.124 e. The fraction of sp³-hybridized carbons (Fsp3) is 0.200. The molecule has 1 nitrogen and oxygen atoms in total. The molecule has 0 amide bonds. The average Bonchev–Trinajstić information content (AvgIpc) is 2.38. The van der Waals surface area contributed by atoms with Crippen molar-refractivity contribution >= 4 is 39.1 Å². The van der Waals surface area contributed by atoms with Crippen LogP contribution >= 0.6 is 39.1 Å². The van der Waals surface area contributed by atoms with Crippen LogP contribution in [-0.4, -0.2) is 6.61 Å². The molecule has 0 aromatic heterocycles. The molecule has 1 atom stereocenters. The third kappa shape index (κ3) is 3.46. The van der Waals surface area contributed by atoms with Crippen LogP contribution in [0.25, 0.3) is 0 Å². The molecule has 0 spiro atoms. The van der Waals surface area contributed by atoms with Crippen LogP contribution in [-0.2, 0) is 0 Å². The second kappa shape index (κ2) is 6.79. The Balaban J connectivity index is 2.35. The van der Waals surface area contributed by atoms with Gasteiger partial charge >= 0.3 is 0 Å². The minimum Gasteiger partial charge on any atom is -0.494 e. The molecule has 0 aliphatic carbocycles. The standard InChI is InChI=1S/C15H12BrCl2FO/c1-2-20-10-4-6-11(13(16)8-10)15(18)12-5-3-9(19)7-14(12)17/h3-8,15H,2H2,1H3. The molecule has 5 heteroatoms. The Morgan fingerprint density at radius 2 is 1.90 bits per heavy atom. The molecule has 0 saturated carbocycles. The van der Waals surface area contributed by atoms with Gasteiger partial charge in [-0.1, -0.05) is 39.7 Å². The average molecular weight is 378 g/mol. The van der Waals surface area contributed by atoms with Gasteiger partial charge in [-0.3, -0.25) is 0 Å². The molecule has 0 radical (unpaired) electrons. The lowest BCUT2D eigenvalue weighted by Gasteiger charge is -2.15. The first kappa shape index (κ1) is 15.6. The molecule has 2 aromatic rings. The molecular weight excluding hydrogens is 366 g/mol. The van der Waals surface area contributed by atoms with Gasteiger partial charge in [0.2, 0.25) is 0 Å². The van der Waals surface area contributed by atoms with Crippen LogP contribution in [0.3, 0.4) is 0 Å². The topological polar surface area (TPSA) is 9.23 Å². The fourth-order valence-corrected chi connectivity index (χ4v) is 3.28. The molecule has 0 aliphatic rings. The summed E-state index contributed by atoms with van der Waals surface area (Å²) >= 11 is 16.0. The van der Waals surface area contributed by atoms with Gasteiger partial charge in [-0.15, -0.1) is 11.6 Å². The number of rotatable bonds is 4. The summed E-state index contributed by atoms with van der Waals surface area (Å²) in [5.41, 5.74) is 1.52. The maximum absolute atomic E-state index is 13.1. The zero-order chi connectivity index (χ0) is 14.7. The molecular formula is C15H12BrCl2FO. The third-order valence-corrected chi connectivity index (χ3v) is 4.28. The Labute approximate surface area is 135 Å². The lowest BCUT2D eigenvalue weighted by atomic mass is 10.0. The van der Waals surface area contributed by atoms with Crippen LogP contribution in [0, 0.1) is 5.82 Å². The second-order valence-electron chi connectivity index (χ2n) is 4.14. The van der Waals surface area contributed by atoms with E-state index < -0.39 is 5.38 Å². The molecule has 0 fully saturated rings. The normalized spacial score (nSPS) is 12.2. The first-order valence-electron chi connectivity index (χ1n) is 6.04. The van der Waals surface area contributed by atoms with Gasteiger partial charge in [-0.25, -0.2) is 4.39 Å². The van der Waals surface area contributed by atoms with Crippen LogP contribution in [0.1, 0.15) is 23.4 Å². The van der Waals surface area contributed by atoms with Crippen LogP contribution in [0.5, 0.6) is 5.75 Å². The third-order valence-electron chi connectivity index (χ3n) is 2.79. The van der Waals surface area contributed by atoms with E-state index in [2.05, 4.69) is 15.9 Å². The van der Waals surface area contributed by atoms with Crippen LogP contribution in [0.2, 0.25) is 5.02 Å². The van der Waals surface area contributed by atoms with E-state index in [4.69, 9.17) is 27.9 Å². The second-order valence-corrected chi connectivity index (χ2v) is 5.84. The van der Waals surface area contributed by atoms with E-state index in [1.54, 1.807) is 6.07 Å². The Hall–Kier alpha value is -0.770. The zero-order valence-electron chi connectivity index (χ0n) is 10.7. The highest BCUT2D eigenvalue weighted by molar-refractivity contribution is 9.10. The van der Waals surface area contributed by atoms with Gasteiger partial charge in [-0.05, 0) is 42.3 Å². The molecule has 0 bridgehead atoms. The summed E-state index contributed by atoms with van der Waals surface area (Å²) in [4.78, 5) is 0. The van der Waals surface area contributed by atoms with Crippen molar-refractivity contribution < 1.29 is 9.13 Å². The highest BCUT2D eigenvalue weighted by Gasteiger charge is 2.17. The van der Waals surface area contributed by atoms with Crippen molar-refractivity contribution in [2.75, 3.05) is 6.61 Å². The van der Waals surface area contributed by atoms with Gasteiger partial charge in [0.25, 0.3) is 0 Å². The van der Waals surface area contributed by atoms with Crippen molar-refractivity contribution in [1.82, 2.24) is 0 Å². The maximum atomic E-state index is 13.1. The predicted molar refractivity (Wildman–Crippen MR) is 84.4 cm³/mol. The number of alkyl halides is 1. The Kier molecular flexibility index (Phi) is 5.30. The molecule has 0 heterocycles. The van der Waals surface area contributed by atoms with E-state index in [1.807, 2.05) is 25.1 Å². The molecule has 2 rings (SSSR count). The van der Waals surface area contributed by atoms with Gasteiger partial charge in [0.15, 0.2) is 0 Å². The van der Waals surface area contributed by atoms with E-state index in [0.29, 0.717) is 17.2 Å². The quantitative estimate of drug-likeness (QED) is 0.596. The summed E-state index contributed by atoms with van der Waals surface area (Å²) in [5, 5.41) is -0.154. The van der Waals surface area contributed by atoms with Crippen molar-refractivity contribution in [1.29, 1.82) is 0 Å². The van der Waals surface area contributed by atoms with Crippen molar-refractivity contribution in [3.8, 4) is 5.75 Å². The number of hydrogen-bond donors (Lipinski definition) is 0. The highest BCUT2D eigenvalue weighted by Crippen LogP contribution is 2.38. The molecule has 106 valence electrons. The minimum atomic E-state index is -0.465. The minimum absolute atomic E-state index is 0.311. The largest absolute Gasteiger partial charge is 0.494 e. The van der Waals surface area contributed by atoms with Crippen LogP contribution < -0.4 is 4.74 Å². The molecule has 0 saturated heterocycles. The number of ether oxygens (including phenoxy) is 1. The van der Waals surface area contributed by atoms with Crippen molar-refractivity contribution in [2.45, 2.75) is 12.3 Å². The lowest BCUT2D eigenvalue weighted by Crippen LogP contribution is -1.98. The van der Waals surface area contributed by atoms with Gasteiger partial charge in [0, 0.05) is 9.50 Å². The summed E-state index contributed by atoms with van der Waals surface area (Å²) in [7, 11) is 0. The summed E-state index contributed by atoms with van der Waals surface area (Å²) in [5.74, 6) is 0.380. The molecule has 1 unspecified atom stereocenters. The summed E-state index contributed by atoms with van der Waals surface area (Å²) in [6.45, 7) is 2.52. The summed E-state index contributed by atoms with van der Waals surface area (Å²) in [6.07, 6.45) is 0. The molecule has 2 aromatic carbocycles. The predicted octanol–water partition coefficient (Wildman–Crippen LogP) is 5.97. The smallest absolute Gasteiger partial charge is 0.124 e. The Bertz CT molecular complexity index is 619. The molecule has 20 heavy (non-hydrogen) atoms. The Morgan fingerprint density at radius 3 is 2.50 bits per heavy atom. The summed E-state index contributed by atoms with van der Waals surface area (Å²) in [6, 6.07) is 9.76. The van der Waals surface area contributed by atoms with Crippen LogP contribution in [0.4, 0.5) is 4.39 Å². The number of halogens is 4. The van der Waals surface area contributed by atoms with Gasteiger partial charge in [0.05, 0.1) is 12.0 Å². The van der Waals surface area contributed by atoms with E-state index in [-0.39, 0.29) is 5.82 Å². The first-order chi connectivity index (χ1) is 9.52. The number of hydrogen-bond acceptors (Lipinski definition) is 1. The van der Waals surface area contributed by atoms with E-state index in [9.17, 15) is 4.39 Å². The molecule has 0 N–H and O–H groups in total. The van der Waals surface area contributed by atoms with Gasteiger partial charge in [0.1, 0.15) is 11.6 Å². The van der Waals surface area contributed by atoms with Gasteiger partial charge in [-0.2, -0.15) is 0 Å². The SMILES string of the molecule is CCOc1ccc(C(Cl)c2ccc(F)cc2Cl)c(Br)c1. The summed E-state index contributed by atoms with van der Waals surface area (Å²) < 4.78 is 19.3. The van der Waals surface area contributed by atoms with E-state index in [0.717, 1.165) is 15.8 Å². The van der Waals surface area contributed by atoms with E-state index in [1.165, 1.54) is 12.1 Å². The van der Waals surface area contributed by atoms with Crippen molar-refractivity contribution in [3.05, 3.63) is 62.8 Å². The van der Waals surface area contributed by atoms with Gasteiger partial charge < -0.3 is 4.74 Å². The first-order valence-corrected chi connectivity index (χ1v) is 7.65. The van der Waals surface area contributed by atoms with Crippen LogP contribution in [0.15, 0.2) is 40.9 Å². The fourth-order valence-electron chi connectivity index (χ4n) is 1.84. The lowest BCUT2D eigenvalue weighted by molar-refractivity contribution is 0.340. The highest BCUT2D eigenvalue weighted by atomic mass is 79.9. The number of benzene rings is 2.